The average molecular weight is 324 g/mol. The molecule has 0 N–H and O–H groups in total. The smallest absolute Gasteiger partial charge is 0.332 e. The monoisotopic (exact) mass is 324 g/mol. The Morgan fingerprint density at radius 3 is 2.55 bits per heavy atom. The molecule has 0 aliphatic rings. The first-order chi connectivity index (χ1) is 10.4. The van der Waals surface area contributed by atoms with Crippen LogP contribution < -0.4 is 11.2 Å². The Hall–Kier alpha value is -2.16. The van der Waals surface area contributed by atoms with Gasteiger partial charge in [-0.05, 0) is 13.8 Å². The van der Waals surface area contributed by atoms with Crippen molar-refractivity contribution in [2.75, 3.05) is 12.4 Å². The quantitative estimate of drug-likeness (QED) is 0.443. The van der Waals surface area contributed by atoms with Crippen LogP contribution in [-0.4, -0.2) is 37.4 Å². The van der Waals surface area contributed by atoms with Gasteiger partial charge in [0.05, 0.1) is 12.4 Å². The second kappa shape index (κ2) is 6.30. The maximum absolute atomic E-state index is 12.3. The second-order valence-corrected chi connectivity index (χ2v) is 5.54. The molecule has 0 aliphatic carbocycles. The average Bonchev–Trinajstić information content (AvgIpc) is 2.48. The summed E-state index contributed by atoms with van der Waals surface area (Å²) in [6, 6.07) is 0. The minimum Gasteiger partial charge on any atom is -0.465 e. The van der Waals surface area contributed by atoms with E-state index in [1.165, 1.54) is 18.7 Å². The van der Waals surface area contributed by atoms with Crippen molar-refractivity contribution in [3.8, 4) is 0 Å². The number of aryl methyl sites for hydroxylation is 2. The molecule has 2 heterocycles. The van der Waals surface area contributed by atoms with Crippen LogP contribution >= 0.6 is 11.8 Å². The van der Waals surface area contributed by atoms with Crippen molar-refractivity contribution in [3.05, 3.63) is 26.7 Å². The number of fused-ring (bicyclic) bond motifs is 1. The van der Waals surface area contributed by atoms with Crippen LogP contribution in [0.2, 0.25) is 0 Å². The van der Waals surface area contributed by atoms with Crippen LogP contribution in [0.5, 0.6) is 0 Å². The lowest BCUT2D eigenvalue weighted by molar-refractivity contribution is -0.139. The Bertz CT molecular complexity index is 856. The van der Waals surface area contributed by atoms with Gasteiger partial charge in [-0.2, -0.15) is 0 Å². The first-order valence-corrected chi connectivity index (χ1v) is 7.58. The molecule has 2 aromatic heterocycles. The fraction of sp³-hybridized carbons (Fsp3) is 0.462. The Morgan fingerprint density at radius 1 is 1.23 bits per heavy atom. The highest BCUT2D eigenvalue weighted by atomic mass is 32.2. The second-order valence-electron chi connectivity index (χ2n) is 4.57. The van der Waals surface area contributed by atoms with Gasteiger partial charge in [-0.3, -0.25) is 18.7 Å². The van der Waals surface area contributed by atoms with Crippen molar-refractivity contribution in [2.24, 2.45) is 14.1 Å². The van der Waals surface area contributed by atoms with Gasteiger partial charge in [-0.15, -0.1) is 0 Å². The third kappa shape index (κ3) is 2.89. The lowest BCUT2D eigenvalue weighted by atomic mass is 10.4. The summed E-state index contributed by atoms with van der Waals surface area (Å²) in [6.45, 7) is 3.67. The number of carbonyl (C=O) groups is 1. The zero-order valence-electron chi connectivity index (χ0n) is 12.7. The SMILES string of the molecule is CCOC(=O)CSc1nc(C)nc2c1c(=O)n(C)c(=O)n2C. The lowest BCUT2D eigenvalue weighted by Gasteiger charge is -2.10. The van der Waals surface area contributed by atoms with E-state index in [9.17, 15) is 14.4 Å². The van der Waals surface area contributed by atoms with Gasteiger partial charge >= 0.3 is 11.7 Å². The van der Waals surface area contributed by atoms with Gasteiger partial charge in [0, 0.05) is 14.1 Å². The molecule has 2 rings (SSSR count). The Morgan fingerprint density at radius 2 is 1.91 bits per heavy atom. The van der Waals surface area contributed by atoms with Crippen LogP contribution in [0.3, 0.4) is 0 Å². The molecule has 0 aromatic carbocycles. The number of aromatic nitrogens is 4. The normalized spacial score (nSPS) is 10.9. The molecule has 22 heavy (non-hydrogen) atoms. The summed E-state index contributed by atoms with van der Waals surface area (Å²) >= 11 is 1.10. The van der Waals surface area contributed by atoms with Gasteiger partial charge in [-0.25, -0.2) is 14.8 Å². The zero-order chi connectivity index (χ0) is 16.4. The molecule has 0 aliphatic heterocycles. The molecule has 0 spiro atoms. The molecule has 0 saturated heterocycles. The van der Waals surface area contributed by atoms with Gasteiger partial charge < -0.3 is 4.74 Å². The molecule has 118 valence electrons. The number of esters is 1. The van der Waals surface area contributed by atoms with Crippen molar-refractivity contribution in [1.82, 2.24) is 19.1 Å². The molecule has 2 aromatic rings. The van der Waals surface area contributed by atoms with Crippen molar-refractivity contribution in [3.63, 3.8) is 0 Å². The summed E-state index contributed by atoms with van der Waals surface area (Å²) in [6.07, 6.45) is 0. The number of hydrogen-bond donors (Lipinski definition) is 0. The van der Waals surface area contributed by atoms with Crippen LogP contribution in [0.4, 0.5) is 0 Å². The standard InChI is InChI=1S/C13H16N4O4S/c1-5-21-8(18)6-22-11-9-10(14-7(2)15-11)16(3)13(20)17(4)12(9)19/h5-6H2,1-4H3. The van der Waals surface area contributed by atoms with E-state index >= 15 is 0 Å². The Balaban J connectivity index is 2.62. The highest BCUT2D eigenvalue weighted by Gasteiger charge is 2.17. The minimum absolute atomic E-state index is 0.0331. The van der Waals surface area contributed by atoms with Crippen LogP contribution in [0.15, 0.2) is 14.6 Å². The van der Waals surface area contributed by atoms with Gasteiger partial charge in [0.15, 0.2) is 5.65 Å². The van der Waals surface area contributed by atoms with E-state index in [2.05, 4.69) is 9.97 Å². The van der Waals surface area contributed by atoms with Crippen molar-refractivity contribution >= 4 is 28.8 Å². The fourth-order valence-corrected chi connectivity index (χ4v) is 2.82. The number of thioether (sulfide) groups is 1. The summed E-state index contributed by atoms with van der Waals surface area (Å²) in [5.41, 5.74) is -0.687. The molecule has 0 saturated carbocycles. The summed E-state index contributed by atoms with van der Waals surface area (Å²) in [4.78, 5) is 44.2. The number of ether oxygens (including phenoxy) is 1. The lowest BCUT2D eigenvalue weighted by Crippen LogP contribution is -2.37. The first kappa shape index (κ1) is 16.2. The highest BCUT2D eigenvalue weighted by Crippen LogP contribution is 2.22. The third-order valence-corrected chi connectivity index (χ3v) is 3.96. The Labute approximate surface area is 130 Å². The maximum atomic E-state index is 12.3. The molecule has 0 bridgehead atoms. The fourth-order valence-electron chi connectivity index (χ4n) is 1.97. The minimum atomic E-state index is -0.482. The molecule has 0 unspecified atom stereocenters. The van der Waals surface area contributed by atoms with E-state index in [-0.39, 0.29) is 16.8 Å². The van der Waals surface area contributed by atoms with E-state index < -0.39 is 17.2 Å². The largest absolute Gasteiger partial charge is 0.465 e. The van der Waals surface area contributed by atoms with E-state index in [1.54, 1.807) is 13.8 Å². The van der Waals surface area contributed by atoms with Crippen LogP contribution in [0.25, 0.3) is 11.0 Å². The predicted molar refractivity (Wildman–Crippen MR) is 82.1 cm³/mol. The predicted octanol–water partition coefficient (Wildman–Crippen LogP) is -0.00918. The number of nitrogens with zero attached hydrogens (tertiary/aromatic N) is 4. The molecule has 0 atom stereocenters. The topological polar surface area (TPSA) is 96.1 Å². The van der Waals surface area contributed by atoms with Gasteiger partial charge in [0.25, 0.3) is 5.56 Å². The molecule has 9 heteroatoms. The molecule has 0 radical (unpaired) electrons. The van der Waals surface area contributed by atoms with Crippen LogP contribution in [0, 0.1) is 6.92 Å². The number of hydrogen-bond acceptors (Lipinski definition) is 7. The van der Waals surface area contributed by atoms with Gasteiger partial charge in [0.1, 0.15) is 16.2 Å². The summed E-state index contributed by atoms with van der Waals surface area (Å²) in [5.74, 6) is 0.0615. The number of carbonyl (C=O) groups excluding carboxylic acids is 1. The van der Waals surface area contributed by atoms with E-state index in [0.717, 1.165) is 16.3 Å². The maximum Gasteiger partial charge on any atom is 0.332 e. The molecule has 0 amide bonds. The third-order valence-electron chi connectivity index (χ3n) is 3.01. The molecular weight excluding hydrogens is 308 g/mol. The van der Waals surface area contributed by atoms with Crippen LogP contribution in [-0.2, 0) is 23.6 Å². The van der Waals surface area contributed by atoms with Gasteiger partial charge in [-0.1, -0.05) is 11.8 Å². The summed E-state index contributed by atoms with van der Waals surface area (Å²) < 4.78 is 7.15. The summed E-state index contributed by atoms with van der Waals surface area (Å²) in [5, 5.41) is 0.594. The molecule has 8 nitrogen and oxygen atoms in total. The summed E-state index contributed by atoms with van der Waals surface area (Å²) in [7, 11) is 2.93. The molecule has 0 fully saturated rings. The van der Waals surface area contributed by atoms with Crippen molar-refractivity contribution in [2.45, 2.75) is 18.9 Å². The van der Waals surface area contributed by atoms with E-state index in [1.807, 2.05) is 0 Å². The molecular formula is C13H16N4O4S. The number of rotatable bonds is 4. The highest BCUT2D eigenvalue weighted by molar-refractivity contribution is 8.00. The zero-order valence-corrected chi connectivity index (χ0v) is 13.6. The van der Waals surface area contributed by atoms with Crippen molar-refractivity contribution < 1.29 is 9.53 Å². The van der Waals surface area contributed by atoms with E-state index in [4.69, 9.17) is 4.74 Å². The van der Waals surface area contributed by atoms with E-state index in [0.29, 0.717) is 17.5 Å². The Kier molecular flexibility index (Phi) is 4.65. The first-order valence-electron chi connectivity index (χ1n) is 6.59. The van der Waals surface area contributed by atoms with Gasteiger partial charge in [0.2, 0.25) is 0 Å². The van der Waals surface area contributed by atoms with Crippen LogP contribution in [0.1, 0.15) is 12.7 Å². The van der Waals surface area contributed by atoms with Crippen molar-refractivity contribution in [1.29, 1.82) is 0 Å².